The second-order valence-corrected chi connectivity index (χ2v) is 4.14. The third-order valence-electron chi connectivity index (χ3n) is 2.85. The Bertz CT molecular complexity index is 784. The lowest BCUT2D eigenvalue weighted by atomic mass is 10.4. The number of hydrogen-bond donors (Lipinski definition) is 0. The fourth-order valence-electron chi connectivity index (χ4n) is 1.82. The Hall–Kier alpha value is -2.51. The molecule has 0 aliphatic rings. The highest BCUT2D eigenvalue weighted by Crippen LogP contribution is 2.05. The predicted octanol–water partition coefficient (Wildman–Crippen LogP) is 0.124. The number of fused-ring (bicyclic) bond motifs is 1. The van der Waals surface area contributed by atoms with E-state index in [1.165, 1.54) is 17.1 Å². The number of rotatable bonds is 3. The zero-order chi connectivity index (χ0) is 13.4. The van der Waals surface area contributed by atoms with E-state index in [0.29, 0.717) is 29.2 Å². The molecule has 3 aromatic heterocycles. The van der Waals surface area contributed by atoms with Crippen molar-refractivity contribution in [1.29, 1.82) is 0 Å². The van der Waals surface area contributed by atoms with Gasteiger partial charge < -0.3 is 4.52 Å². The molecular weight excluding hydrogens is 248 g/mol. The van der Waals surface area contributed by atoms with Crippen LogP contribution in [0.1, 0.15) is 18.6 Å². The smallest absolute Gasteiger partial charge is 0.264 e. The van der Waals surface area contributed by atoms with Crippen molar-refractivity contribution in [2.45, 2.75) is 19.9 Å². The molecule has 3 rings (SSSR count). The van der Waals surface area contributed by atoms with Gasteiger partial charge in [0.25, 0.3) is 5.56 Å². The molecule has 0 aromatic carbocycles. The van der Waals surface area contributed by atoms with Gasteiger partial charge in [-0.3, -0.25) is 14.0 Å². The van der Waals surface area contributed by atoms with Crippen LogP contribution in [0.3, 0.4) is 0 Å². The van der Waals surface area contributed by atoms with Crippen LogP contribution in [0.2, 0.25) is 0 Å². The second-order valence-electron chi connectivity index (χ2n) is 4.14. The van der Waals surface area contributed by atoms with Crippen molar-refractivity contribution in [3.05, 3.63) is 34.6 Å². The lowest BCUT2D eigenvalue weighted by Crippen LogP contribution is -2.21. The zero-order valence-electron chi connectivity index (χ0n) is 10.6. The van der Waals surface area contributed by atoms with Crippen LogP contribution >= 0.6 is 0 Å². The van der Waals surface area contributed by atoms with Crippen LogP contribution in [0, 0.1) is 0 Å². The lowest BCUT2D eigenvalue weighted by molar-refractivity contribution is 0.365. The van der Waals surface area contributed by atoms with Crippen molar-refractivity contribution < 1.29 is 4.52 Å². The summed E-state index contributed by atoms with van der Waals surface area (Å²) in [6.07, 6.45) is 3.66. The van der Waals surface area contributed by atoms with Crippen LogP contribution in [0.15, 0.2) is 21.8 Å². The predicted molar refractivity (Wildman–Crippen MR) is 65.5 cm³/mol. The van der Waals surface area contributed by atoms with E-state index in [0.717, 1.165) is 0 Å². The fourth-order valence-corrected chi connectivity index (χ4v) is 1.82. The maximum Gasteiger partial charge on any atom is 0.264 e. The molecule has 0 aliphatic heterocycles. The first-order chi connectivity index (χ1) is 9.19. The molecule has 0 radical (unpaired) electrons. The van der Waals surface area contributed by atoms with Gasteiger partial charge in [-0.1, -0.05) is 12.1 Å². The molecule has 0 amide bonds. The number of aryl methyl sites for hydroxylation is 2. The fraction of sp³-hybridized carbons (Fsp3) is 0.364. The lowest BCUT2D eigenvalue weighted by Gasteiger charge is -2.01. The van der Waals surface area contributed by atoms with Crippen LogP contribution in [0.4, 0.5) is 0 Å². The van der Waals surface area contributed by atoms with Crippen molar-refractivity contribution in [1.82, 2.24) is 29.5 Å². The van der Waals surface area contributed by atoms with E-state index in [2.05, 4.69) is 20.2 Å². The minimum absolute atomic E-state index is 0.172. The Balaban J connectivity index is 2.01. The maximum atomic E-state index is 12.2. The van der Waals surface area contributed by atoms with E-state index in [9.17, 15) is 4.79 Å². The van der Waals surface area contributed by atoms with Gasteiger partial charge in [-0.2, -0.15) is 10.1 Å². The van der Waals surface area contributed by atoms with Crippen molar-refractivity contribution in [3.8, 4) is 0 Å². The molecule has 3 aromatic rings. The highest BCUT2D eigenvalue weighted by Gasteiger charge is 2.11. The molecule has 0 spiro atoms. The molecule has 0 aliphatic carbocycles. The molecule has 0 saturated carbocycles. The van der Waals surface area contributed by atoms with Gasteiger partial charge in [0.15, 0.2) is 11.5 Å². The van der Waals surface area contributed by atoms with E-state index >= 15 is 0 Å². The summed E-state index contributed by atoms with van der Waals surface area (Å²) >= 11 is 0. The third-order valence-corrected chi connectivity index (χ3v) is 2.85. The zero-order valence-corrected chi connectivity index (χ0v) is 10.6. The van der Waals surface area contributed by atoms with Gasteiger partial charge in [-0.25, -0.2) is 4.98 Å². The molecule has 0 N–H and O–H groups in total. The average molecular weight is 260 g/mol. The Morgan fingerprint density at radius 3 is 3.00 bits per heavy atom. The summed E-state index contributed by atoms with van der Waals surface area (Å²) < 4.78 is 8.05. The third kappa shape index (κ3) is 1.90. The average Bonchev–Trinajstić information content (AvgIpc) is 3.00. The van der Waals surface area contributed by atoms with Gasteiger partial charge in [0, 0.05) is 13.5 Å². The molecule has 8 nitrogen and oxygen atoms in total. The molecule has 19 heavy (non-hydrogen) atoms. The summed E-state index contributed by atoms with van der Waals surface area (Å²) in [6, 6.07) is 0. The summed E-state index contributed by atoms with van der Waals surface area (Å²) in [4.78, 5) is 20.6. The highest BCUT2D eigenvalue weighted by molar-refractivity contribution is 5.72. The minimum atomic E-state index is -0.172. The normalized spacial score (nSPS) is 11.3. The van der Waals surface area contributed by atoms with Crippen LogP contribution in [0.25, 0.3) is 11.0 Å². The number of nitrogens with zero attached hydrogens (tertiary/aromatic N) is 6. The van der Waals surface area contributed by atoms with E-state index in [-0.39, 0.29) is 12.1 Å². The van der Waals surface area contributed by atoms with Gasteiger partial charge in [-0.05, 0) is 0 Å². The molecule has 0 bridgehead atoms. The monoisotopic (exact) mass is 260 g/mol. The maximum absolute atomic E-state index is 12.2. The summed E-state index contributed by atoms with van der Waals surface area (Å²) in [5.74, 6) is 1.02. The van der Waals surface area contributed by atoms with Crippen LogP contribution in [-0.4, -0.2) is 29.5 Å². The van der Waals surface area contributed by atoms with Crippen molar-refractivity contribution in [3.63, 3.8) is 0 Å². The largest absolute Gasteiger partial charge is 0.337 e. The number of hydrogen-bond acceptors (Lipinski definition) is 6. The van der Waals surface area contributed by atoms with Gasteiger partial charge in [0.2, 0.25) is 5.89 Å². The molecule has 8 heteroatoms. The summed E-state index contributed by atoms with van der Waals surface area (Å²) in [5, 5.41) is 8.27. The Morgan fingerprint density at radius 1 is 1.42 bits per heavy atom. The first-order valence-electron chi connectivity index (χ1n) is 5.87. The second kappa shape index (κ2) is 4.30. The molecule has 0 saturated heterocycles. The molecule has 0 atom stereocenters. The van der Waals surface area contributed by atoms with Gasteiger partial charge >= 0.3 is 0 Å². The molecule has 0 fully saturated rings. The number of aromatic nitrogens is 6. The molecule has 0 unspecified atom stereocenters. The standard InChI is InChI=1S/C11H12N6O2/c1-3-8-14-9(19-15-8)5-17-6-12-10-7(11(17)18)4-13-16(10)2/h4,6H,3,5H2,1-2H3. The van der Waals surface area contributed by atoms with E-state index in [1.807, 2.05) is 6.92 Å². The summed E-state index contributed by atoms with van der Waals surface area (Å²) in [6.45, 7) is 2.15. The van der Waals surface area contributed by atoms with E-state index in [1.54, 1.807) is 11.7 Å². The van der Waals surface area contributed by atoms with Crippen LogP contribution in [0.5, 0.6) is 0 Å². The van der Waals surface area contributed by atoms with Gasteiger partial charge in [0.05, 0.1) is 6.20 Å². The highest BCUT2D eigenvalue weighted by atomic mass is 16.5. The Kier molecular flexibility index (Phi) is 2.62. The summed E-state index contributed by atoms with van der Waals surface area (Å²) in [7, 11) is 1.74. The van der Waals surface area contributed by atoms with Crippen molar-refractivity contribution >= 4 is 11.0 Å². The summed E-state index contributed by atoms with van der Waals surface area (Å²) in [5.41, 5.74) is 0.385. The topological polar surface area (TPSA) is 91.6 Å². The first-order valence-corrected chi connectivity index (χ1v) is 5.87. The van der Waals surface area contributed by atoms with Gasteiger partial charge in [0.1, 0.15) is 18.3 Å². The SMILES string of the molecule is CCc1noc(Cn2cnc3c(cnn3C)c2=O)n1. The van der Waals surface area contributed by atoms with Crippen molar-refractivity contribution in [2.75, 3.05) is 0 Å². The molecular formula is C11H12N6O2. The minimum Gasteiger partial charge on any atom is -0.337 e. The Morgan fingerprint density at radius 2 is 2.26 bits per heavy atom. The Labute approximate surface area is 107 Å². The molecule has 98 valence electrons. The first kappa shape index (κ1) is 11.6. The van der Waals surface area contributed by atoms with E-state index in [4.69, 9.17) is 4.52 Å². The quantitative estimate of drug-likeness (QED) is 0.664. The molecule has 3 heterocycles. The van der Waals surface area contributed by atoms with Crippen LogP contribution in [-0.2, 0) is 20.0 Å². The van der Waals surface area contributed by atoms with Crippen LogP contribution < -0.4 is 5.56 Å². The van der Waals surface area contributed by atoms with E-state index < -0.39 is 0 Å². The van der Waals surface area contributed by atoms with Crippen molar-refractivity contribution in [2.24, 2.45) is 7.05 Å². The van der Waals surface area contributed by atoms with Gasteiger partial charge in [-0.15, -0.1) is 0 Å².